The molecule has 1 atom stereocenters. The molecule has 0 bridgehead atoms. The Morgan fingerprint density at radius 2 is 2.28 bits per heavy atom. The van der Waals surface area contributed by atoms with Gasteiger partial charge in [-0.05, 0) is 27.7 Å². The lowest BCUT2D eigenvalue weighted by molar-refractivity contribution is -0.0751. The van der Waals surface area contributed by atoms with Gasteiger partial charge in [0.05, 0.1) is 11.7 Å². The first kappa shape index (κ1) is 13.0. The van der Waals surface area contributed by atoms with E-state index in [1.165, 1.54) is 0 Å². The van der Waals surface area contributed by atoms with Gasteiger partial charge in [0.1, 0.15) is 5.82 Å². The maximum absolute atomic E-state index is 5.90. The van der Waals surface area contributed by atoms with Crippen molar-refractivity contribution in [1.82, 2.24) is 9.97 Å². The molecule has 0 saturated carbocycles. The Hall–Kier alpha value is -1.40. The minimum atomic E-state index is -0.175. The molecule has 1 aromatic heterocycles. The predicted molar refractivity (Wildman–Crippen MR) is 71.4 cm³/mol. The number of aryl methyl sites for hydroxylation is 1. The molecule has 18 heavy (non-hydrogen) atoms. The molecule has 1 aromatic rings. The van der Waals surface area contributed by atoms with Crippen LogP contribution in [0.3, 0.4) is 0 Å². The summed E-state index contributed by atoms with van der Waals surface area (Å²) in [6.45, 7) is 9.89. The number of rotatable bonds is 2. The normalized spacial score (nSPS) is 22.9. The van der Waals surface area contributed by atoms with Crippen molar-refractivity contribution in [1.29, 1.82) is 0 Å². The van der Waals surface area contributed by atoms with Crippen molar-refractivity contribution in [2.75, 3.05) is 23.4 Å². The largest absolute Gasteiger partial charge is 0.369 e. The molecule has 1 fully saturated rings. The molecule has 0 spiro atoms. The van der Waals surface area contributed by atoms with E-state index in [2.05, 4.69) is 41.1 Å². The lowest BCUT2D eigenvalue weighted by atomic mass is 10.1. The number of morpholine rings is 1. The summed E-state index contributed by atoms with van der Waals surface area (Å²) in [5.41, 5.74) is 3.35. The number of hydrogen-bond donors (Lipinski definition) is 2. The standard InChI is InChI=1S/C12H21N5O/c1-8-5-14-11(16-13)15-10(8)17-6-9(2)18-12(3,4)7-17/h5,9H,6-7,13H2,1-4H3,(H,14,15,16). The smallest absolute Gasteiger partial charge is 0.239 e. The van der Waals surface area contributed by atoms with E-state index in [0.29, 0.717) is 5.95 Å². The van der Waals surface area contributed by atoms with Gasteiger partial charge in [0.25, 0.3) is 0 Å². The minimum absolute atomic E-state index is 0.175. The van der Waals surface area contributed by atoms with Gasteiger partial charge < -0.3 is 9.64 Å². The van der Waals surface area contributed by atoms with E-state index in [1.54, 1.807) is 6.20 Å². The van der Waals surface area contributed by atoms with Crippen molar-refractivity contribution in [3.8, 4) is 0 Å². The molecular weight excluding hydrogens is 230 g/mol. The van der Waals surface area contributed by atoms with Crippen molar-refractivity contribution in [2.45, 2.75) is 39.4 Å². The highest BCUT2D eigenvalue weighted by molar-refractivity contribution is 5.49. The molecule has 0 radical (unpaired) electrons. The van der Waals surface area contributed by atoms with Crippen molar-refractivity contribution in [3.05, 3.63) is 11.8 Å². The minimum Gasteiger partial charge on any atom is -0.369 e. The van der Waals surface area contributed by atoms with E-state index < -0.39 is 0 Å². The Morgan fingerprint density at radius 3 is 2.89 bits per heavy atom. The zero-order valence-electron chi connectivity index (χ0n) is 11.4. The van der Waals surface area contributed by atoms with Crippen LogP contribution in [0.5, 0.6) is 0 Å². The van der Waals surface area contributed by atoms with Gasteiger partial charge in [-0.3, -0.25) is 5.43 Å². The molecule has 2 rings (SSSR count). The number of nitrogens with one attached hydrogen (secondary N) is 1. The van der Waals surface area contributed by atoms with E-state index in [-0.39, 0.29) is 11.7 Å². The number of hydrazine groups is 1. The highest BCUT2D eigenvalue weighted by Gasteiger charge is 2.32. The lowest BCUT2D eigenvalue weighted by Crippen LogP contribution is -2.52. The van der Waals surface area contributed by atoms with Gasteiger partial charge in [-0.25, -0.2) is 10.8 Å². The summed E-state index contributed by atoms with van der Waals surface area (Å²) in [7, 11) is 0. The summed E-state index contributed by atoms with van der Waals surface area (Å²) in [4.78, 5) is 10.8. The van der Waals surface area contributed by atoms with Crippen LogP contribution in [0, 0.1) is 6.92 Å². The molecular formula is C12H21N5O. The number of aromatic nitrogens is 2. The molecule has 100 valence electrons. The van der Waals surface area contributed by atoms with Crippen LogP contribution in [0.25, 0.3) is 0 Å². The molecule has 1 aliphatic heterocycles. The van der Waals surface area contributed by atoms with Gasteiger partial charge in [-0.2, -0.15) is 4.98 Å². The number of nitrogen functional groups attached to an aromatic ring is 1. The molecule has 0 aliphatic carbocycles. The molecule has 1 saturated heterocycles. The van der Waals surface area contributed by atoms with Crippen LogP contribution in [0.1, 0.15) is 26.3 Å². The van der Waals surface area contributed by atoms with Gasteiger partial charge in [0.15, 0.2) is 0 Å². The summed E-state index contributed by atoms with van der Waals surface area (Å²) >= 11 is 0. The Morgan fingerprint density at radius 1 is 1.56 bits per heavy atom. The van der Waals surface area contributed by atoms with E-state index >= 15 is 0 Å². The van der Waals surface area contributed by atoms with Crippen molar-refractivity contribution >= 4 is 11.8 Å². The van der Waals surface area contributed by atoms with Crippen molar-refractivity contribution in [2.24, 2.45) is 5.84 Å². The summed E-state index contributed by atoms with van der Waals surface area (Å²) in [5, 5.41) is 0. The van der Waals surface area contributed by atoms with Crippen LogP contribution >= 0.6 is 0 Å². The molecule has 6 heteroatoms. The second-order valence-electron chi connectivity index (χ2n) is 5.41. The maximum Gasteiger partial charge on any atom is 0.239 e. The number of anilines is 2. The molecule has 0 aromatic carbocycles. The fraction of sp³-hybridized carbons (Fsp3) is 0.667. The highest BCUT2D eigenvalue weighted by atomic mass is 16.5. The van der Waals surface area contributed by atoms with Crippen LogP contribution in [0.4, 0.5) is 11.8 Å². The first-order chi connectivity index (χ1) is 8.41. The monoisotopic (exact) mass is 251 g/mol. The fourth-order valence-electron chi connectivity index (χ4n) is 2.44. The van der Waals surface area contributed by atoms with Gasteiger partial charge >= 0.3 is 0 Å². The van der Waals surface area contributed by atoms with Gasteiger partial charge in [0, 0.05) is 24.8 Å². The third-order valence-electron chi connectivity index (χ3n) is 2.94. The quantitative estimate of drug-likeness (QED) is 0.605. The average molecular weight is 251 g/mol. The molecule has 2 heterocycles. The van der Waals surface area contributed by atoms with Crippen LogP contribution < -0.4 is 16.2 Å². The Kier molecular flexibility index (Phi) is 3.41. The van der Waals surface area contributed by atoms with Crippen LogP contribution in [-0.4, -0.2) is 34.8 Å². The SMILES string of the molecule is Cc1cnc(NN)nc1N1CC(C)OC(C)(C)C1. The maximum atomic E-state index is 5.90. The zero-order chi connectivity index (χ0) is 13.3. The van der Waals surface area contributed by atoms with Gasteiger partial charge in [-0.1, -0.05) is 0 Å². The zero-order valence-corrected chi connectivity index (χ0v) is 11.4. The number of hydrogen-bond acceptors (Lipinski definition) is 6. The number of nitrogens with two attached hydrogens (primary N) is 1. The Bertz CT molecular complexity index is 434. The molecule has 1 aliphatic rings. The Labute approximate surface area is 108 Å². The average Bonchev–Trinajstić information content (AvgIpc) is 2.27. The Balaban J connectivity index is 2.30. The lowest BCUT2D eigenvalue weighted by Gasteiger charge is -2.42. The molecule has 1 unspecified atom stereocenters. The van der Waals surface area contributed by atoms with E-state index in [1.807, 2.05) is 6.92 Å². The van der Waals surface area contributed by atoms with E-state index in [4.69, 9.17) is 10.6 Å². The van der Waals surface area contributed by atoms with Crippen LogP contribution in [-0.2, 0) is 4.74 Å². The summed E-state index contributed by atoms with van der Waals surface area (Å²) in [6, 6.07) is 0. The van der Waals surface area contributed by atoms with E-state index in [9.17, 15) is 0 Å². The first-order valence-electron chi connectivity index (χ1n) is 6.14. The molecule has 3 N–H and O–H groups in total. The second-order valence-corrected chi connectivity index (χ2v) is 5.41. The van der Waals surface area contributed by atoms with Crippen LogP contribution in [0.15, 0.2) is 6.20 Å². The number of ether oxygens (including phenoxy) is 1. The highest BCUT2D eigenvalue weighted by Crippen LogP contribution is 2.26. The summed E-state index contributed by atoms with van der Waals surface area (Å²) in [5.74, 6) is 6.72. The van der Waals surface area contributed by atoms with Crippen molar-refractivity contribution in [3.63, 3.8) is 0 Å². The third-order valence-corrected chi connectivity index (χ3v) is 2.94. The third kappa shape index (κ3) is 2.70. The van der Waals surface area contributed by atoms with Crippen LogP contribution in [0.2, 0.25) is 0 Å². The summed E-state index contributed by atoms with van der Waals surface area (Å²) in [6.07, 6.45) is 1.96. The predicted octanol–water partition coefficient (Wildman–Crippen LogP) is 1.07. The summed E-state index contributed by atoms with van der Waals surface area (Å²) < 4.78 is 5.90. The van der Waals surface area contributed by atoms with E-state index in [0.717, 1.165) is 24.5 Å². The van der Waals surface area contributed by atoms with Gasteiger partial charge in [0.2, 0.25) is 5.95 Å². The van der Waals surface area contributed by atoms with Gasteiger partial charge in [-0.15, -0.1) is 0 Å². The van der Waals surface area contributed by atoms with Crippen molar-refractivity contribution < 1.29 is 4.74 Å². The molecule has 0 amide bonds. The first-order valence-corrected chi connectivity index (χ1v) is 6.14. The second kappa shape index (κ2) is 4.70. The molecule has 6 nitrogen and oxygen atoms in total. The topological polar surface area (TPSA) is 76.3 Å². The number of nitrogens with zero attached hydrogens (tertiary/aromatic N) is 3. The fourth-order valence-corrected chi connectivity index (χ4v) is 2.44.